The molecule has 0 spiro atoms. The minimum Gasteiger partial charge on any atom is -0.507 e. The Morgan fingerprint density at radius 1 is 1.24 bits per heavy atom. The molecular formula is C17H16N6O2. The molecule has 8 heteroatoms. The van der Waals surface area contributed by atoms with Gasteiger partial charge in [-0.2, -0.15) is 9.90 Å². The minimum atomic E-state index is -0.402. The highest BCUT2D eigenvalue weighted by molar-refractivity contribution is 5.85. The Hall–Kier alpha value is -3.55. The highest BCUT2D eigenvalue weighted by Gasteiger charge is 2.08. The van der Waals surface area contributed by atoms with Gasteiger partial charge in [0.1, 0.15) is 12.3 Å². The van der Waals surface area contributed by atoms with Crippen LogP contribution in [0.25, 0.3) is 11.4 Å². The number of aromatic hydroxyl groups is 1. The number of phenolic OH excluding ortho intramolecular Hbond substituents is 1. The minimum absolute atomic E-state index is 0.114. The van der Waals surface area contributed by atoms with Crippen LogP contribution >= 0.6 is 0 Å². The molecule has 0 saturated carbocycles. The van der Waals surface area contributed by atoms with E-state index in [9.17, 15) is 9.90 Å². The van der Waals surface area contributed by atoms with Crippen LogP contribution in [0, 0.1) is 6.92 Å². The number of carbonyl (C=O) groups excluding carboxylic acids is 1. The van der Waals surface area contributed by atoms with Crippen LogP contribution in [0.2, 0.25) is 0 Å². The molecule has 126 valence electrons. The molecule has 0 bridgehead atoms. The Labute approximate surface area is 143 Å². The molecule has 2 N–H and O–H groups in total. The van der Waals surface area contributed by atoms with Crippen LogP contribution in [0.15, 0.2) is 53.6 Å². The number of nitrogens with one attached hydrogen (secondary N) is 1. The number of benzene rings is 2. The molecular weight excluding hydrogens is 320 g/mol. The summed E-state index contributed by atoms with van der Waals surface area (Å²) in [6.07, 6.45) is 1.38. The van der Waals surface area contributed by atoms with E-state index in [1.807, 2.05) is 30.3 Å². The molecule has 3 aromatic rings. The lowest BCUT2D eigenvalue weighted by Crippen LogP contribution is -2.24. The highest BCUT2D eigenvalue weighted by Crippen LogP contribution is 2.19. The first-order valence-electron chi connectivity index (χ1n) is 7.57. The number of aryl methyl sites for hydroxylation is 1. The summed E-state index contributed by atoms with van der Waals surface area (Å²) in [5.74, 6) is 0.174. The average Bonchev–Trinajstić information content (AvgIpc) is 3.08. The SMILES string of the molecule is Cc1cccc(C=NNC(=O)Cn2nnc(-c3ccccc3)n2)c1O. The Morgan fingerprint density at radius 3 is 2.84 bits per heavy atom. The maximum atomic E-state index is 11.9. The maximum absolute atomic E-state index is 11.9. The van der Waals surface area contributed by atoms with E-state index in [4.69, 9.17) is 0 Å². The number of phenols is 1. The number of aromatic nitrogens is 4. The number of rotatable bonds is 5. The molecule has 25 heavy (non-hydrogen) atoms. The quantitative estimate of drug-likeness (QED) is 0.543. The standard InChI is InChI=1S/C17H16N6O2/c1-12-6-5-9-14(16(12)25)10-18-19-15(24)11-23-21-17(20-22-23)13-7-3-2-4-8-13/h2-10,25H,11H2,1H3,(H,19,24). The monoisotopic (exact) mass is 336 g/mol. The van der Waals surface area contributed by atoms with Crippen molar-refractivity contribution < 1.29 is 9.90 Å². The number of nitrogens with zero attached hydrogens (tertiary/aromatic N) is 5. The van der Waals surface area contributed by atoms with Gasteiger partial charge >= 0.3 is 0 Å². The van der Waals surface area contributed by atoms with Gasteiger partial charge in [-0.3, -0.25) is 4.79 Å². The maximum Gasteiger partial charge on any atom is 0.263 e. The second kappa shape index (κ2) is 7.35. The third-order valence-electron chi connectivity index (χ3n) is 3.43. The Kier molecular flexibility index (Phi) is 4.79. The van der Waals surface area contributed by atoms with Crippen molar-refractivity contribution in [2.24, 2.45) is 5.10 Å². The van der Waals surface area contributed by atoms with Crippen molar-refractivity contribution in [3.05, 3.63) is 59.7 Å². The summed E-state index contributed by atoms with van der Waals surface area (Å²) in [6.45, 7) is 1.67. The van der Waals surface area contributed by atoms with Crippen molar-refractivity contribution >= 4 is 12.1 Å². The molecule has 1 heterocycles. The Balaban J connectivity index is 1.59. The summed E-state index contributed by atoms with van der Waals surface area (Å²) in [4.78, 5) is 13.1. The van der Waals surface area contributed by atoms with Gasteiger partial charge in [-0.15, -0.1) is 10.2 Å². The Bertz CT molecular complexity index is 905. The first-order chi connectivity index (χ1) is 12.1. The van der Waals surface area contributed by atoms with Crippen LogP contribution in [0.5, 0.6) is 5.75 Å². The molecule has 0 aliphatic carbocycles. The topological polar surface area (TPSA) is 105 Å². The van der Waals surface area contributed by atoms with Crippen molar-refractivity contribution in [2.45, 2.75) is 13.5 Å². The van der Waals surface area contributed by atoms with Gasteiger partial charge < -0.3 is 5.11 Å². The van der Waals surface area contributed by atoms with Gasteiger partial charge in [0.15, 0.2) is 0 Å². The zero-order valence-electron chi connectivity index (χ0n) is 13.5. The van der Waals surface area contributed by atoms with Crippen molar-refractivity contribution in [1.29, 1.82) is 0 Å². The van der Waals surface area contributed by atoms with E-state index in [1.165, 1.54) is 11.0 Å². The van der Waals surface area contributed by atoms with Crippen LogP contribution in [-0.4, -0.2) is 37.4 Å². The number of para-hydroxylation sites is 1. The molecule has 8 nitrogen and oxygen atoms in total. The van der Waals surface area contributed by atoms with E-state index in [0.29, 0.717) is 11.4 Å². The third-order valence-corrected chi connectivity index (χ3v) is 3.43. The lowest BCUT2D eigenvalue weighted by Gasteiger charge is -2.02. The summed E-state index contributed by atoms with van der Waals surface area (Å²) in [5, 5.41) is 25.6. The van der Waals surface area contributed by atoms with Crippen molar-refractivity contribution in [3.8, 4) is 17.1 Å². The van der Waals surface area contributed by atoms with Crippen LogP contribution in [-0.2, 0) is 11.3 Å². The normalized spacial score (nSPS) is 10.9. The molecule has 2 aromatic carbocycles. The summed E-state index contributed by atoms with van der Waals surface area (Å²) >= 11 is 0. The van der Waals surface area contributed by atoms with Gasteiger partial charge in [0.25, 0.3) is 5.91 Å². The first kappa shape index (κ1) is 16.3. The molecule has 0 aliphatic heterocycles. The van der Waals surface area contributed by atoms with E-state index in [0.717, 1.165) is 11.1 Å². The summed E-state index contributed by atoms with van der Waals surface area (Å²) in [7, 11) is 0. The summed E-state index contributed by atoms with van der Waals surface area (Å²) < 4.78 is 0. The van der Waals surface area contributed by atoms with Crippen LogP contribution in [0.3, 0.4) is 0 Å². The Morgan fingerprint density at radius 2 is 2.04 bits per heavy atom. The van der Waals surface area contributed by atoms with E-state index in [2.05, 4.69) is 25.9 Å². The number of tetrazole rings is 1. The fraction of sp³-hybridized carbons (Fsp3) is 0.118. The number of hydrogen-bond acceptors (Lipinski definition) is 6. The number of hydrogen-bond donors (Lipinski definition) is 2. The van der Waals surface area contributed by atoms with Crippen LogP contribution in [0.1, 0.15) is 11.1 Å². The van der Waals surface area contributed by atoms with Crippen molar-refractivity contribution in [1.82, 2.24) is 25.6 Å². The molecule has 0 unspecified atom stereocenters. The summed E-state index contributed by atoms with van der Waals surface area (Å²) in [6, 6.07) is 14.6. The van der Waals surface area contributed by atoms with Crippen LogP contribution < -0.4 is 5.43 Å². The smallest absolute Gasteiger partial charge is 0.263 e. The fourth-order valence-electron chi connectivity index (χ4n) is 2.14. The lowest BCUT2D eigenvalue weighted by atomic mass is 10.1. The molecule has 0 atom stereocenters. The predicted molar refractivity (Wildman–Crippen MR) is 91.8 cm³/mol. The molecule has 1 aromatic heterocycles. The summed E-state index contributed by atoms with van der Waals surface area (Å²) in [5.41, 5.74) is 4.44. The lowest BCUT2D eigenvalue weighted by molar-refractivity contribution is -0.122. The van der Waals surface area contributed by atoms with Gasteiger partial charge in [-0.1, -0.05) is 42.5 Å². The predicted octanol–water partition coefficient (Wildman–Crippen LogP) is 1.50. The number of carbonyl (C=O) groups is 1. The van der Waals surface area contributed by atoms with Crippen LogP contribution in [0.4, 0.5) is 0 Å². The van der Waals surface area contributed by atoms with Gasteiger partial charge in [0, 0.05) is 11.1 Å². The largest absolute Gasteiger partial charge is 0.507 e. The average molecular weight is 336 g/mol. The number of hydrazone groups is 1. The highest BCUT2D eigenvalue weighted by atomic mass is 16.3. The van der Waals surface area contributed by atoms with E-state index >= 15 is 0 Å². The van der Waals surface area contributed by atoms with E-state index < -0.39 is 5.91 Å². The second-order valence-electron chi connectivity index (χ2n) is 5.32. The second-order valence-corrected chi connectivity index (χ2v) is 5.32. The van der Waals surface area contributed by atoms with Crippen molar-refractivity contribution in [2.75, 3.05) is 0 Å². The van der Waals surface area contributed by atoms with Gasteiger partial charge in [0.05, 0.1) is 6.21 Å². The van der Waals surface area contributed by atoms with E-state index in [-0.39, 0.29) is 12.3 Å². The molecule has 0 aliphatic rings. The molecule has 0 radical (unpaired) electrons. The van der Waals surface area contributed by atoms with E-state index in [1.54, 1.807) is 25.1 Å². The van der Waals surface area contributed by atoms with Gasteiger partial charge in [-0.25, -0.2) is 5.43 Å². The molecule has 1 amide bonds. The molecule has 0 saturated heterocycles. The number of amides is 1. The van der Waals surface area contributed by atoms with Gasteiger partial charge in [-0.05, 0) is 23.8 Å². The first-order valence-corrected chi connectivity index (χ1v) is 7.57. The molecule has 0 fully saturated rings. The van der Waals surface area contributed by atoms with Gasteiger partial charge in [0.2, 0.25) is 5.82 Å². The van der Waals surface area contributed by atoms with Crippen molar-refractivity contribution in [3.63, 3.8) is 0 Å². The zero-order chi connectivity index (χ0) is 17.6. The third kappa shape index (κ3) is 4.05. The fourth-order valence-corrected chi connectivity index (χ4v) is 2.14. The molecule has 3 rings (SSSR count). The zero-order valence-corrected chi connectivity index (χ0v) is 13.5.